The van der Waals surface area contributed by atoms with Gasteiger partial charge in [0.1, 0.15) is 16.1 Å². The van der Waals surface area contributed by atoms with Crippen molar-refractivity contribution in [3.05, 3.63) is 0 Å². The fourth-order valence-electron chi connectivity index (χ4n) is 1.75. The molecule has 0 bridgehead atoms. The summed E-state index contributed by atoms with van der Waals surface area (Å²) in [6, 6.07) is 0. The van der Waals surface area contributed by atoms with Crippen LogP contribution in [0.2, 0.25) is 0 Å². The highest BCUT2D eigenvalue weighted by atomic mass is 32.2. The van der Waals surface area contributed by atoms with Crippen molar-refractivity contribution < 1.29 is 8.60 Å². The molecule has 1 rings (SSSR count). The van der Waals surface area contributed by atoms with E-state index in [1.165, 1.54) is 0 Å². The van der Waals surface area contributed by atoms with E-state index < -0.39 is 16.1 Å². The van der Waals surface area contributed by atoms with Gasteiger partial charge in [0.05, 0.1) is 6.54 Å². The Kier molecular flexibility index (Phi) is 4.52. The van der Waals surface area contributed by atoms with E-state index >= 15 is 0 Å². The zero-order valence-electron chi connectivity index (χ0n) is 9.78. The Morgan fingerprint density at radius 1 is 1.47 bits per heavy atom. The summed E-state index contributed by atoms with van der Waals surface area (Å²) in [4.78, 5) is 0. The van der Waals surface area contributed by atoms with Crippen molar-refractivity contribution in [2.24, 2.45) is 10.3 Å². The first-order valence-corrected chi connectivity index (χ1v) is 7.29. The Morgan fingerprint density at radius 3 is 2.67 bits per heavy atom. The van der Waals surface area contributed by atoms with Crippen LogP contribution in [0.3, 0.4) is 0 Å². The monoisotopic (exact) mass is 236 g/mol. The van der Waals surface area contributed by atoms with Gasteiger partial charge in [-0.25, -0.2) is 17.3 Å². The maximum Gasteiger partial charge on any atom is 0.106 e. The van der Waals surface area contributed by atoms with E-state index in [1.807, 2.05) is 0 Å². The summed E-state index contributed by atoms with van der Waals surface area (Å²) in [5.41, 5.74) is 0. The smallest absolute Gasteiger partial charge is 0.106 e. The second kappa shape index (κ2) is 5.25. The third-order valence-electron chi connectivity index (χ3n) is 2.97. The van der Waals surface area contributed by atoms with Crippen LogP contribution in [0.1, 0.15) is 25.7 Å². The van der Waals surface area contributed by atoms with Crippen LogP contribution >= 0.6 is 0 Å². The van der Waals surface area contributed by atoms with E-state index in [0.717, 1.165) is 12.8 Å². The van der Waals surface area contributed by atoms with Crippen molar-refractivity contribution in [1.82, 2.24) is 4.31 Å². The highest BCUT2D eigenvalue weighted by Crippen LogP contribution is 2.26. The molecule has 3 atom stereocenters. The number of nitrogens with zero attached hydrogens (tertiary/aromatic N) is 2. The number of hydrogen-bond donors (Lipinski definition) is 0. The van der Waals surface area contributed by atoms with Crippen LogP contribution < -0.4 is 0 Å². The first-order valence-electron chi connectivity index (χ1n) is 5.41. The summed E-state index contributed by atoms with van der Waals surface area (Å²) < 4.78 is 30.8. The molecule has 0 aromatic heterocycles. The maximum atomic E-state index is 13.1. The zero-order chi connectivity index (χ0) is 11.5. The number of rotatable bonds is 3. The highest BCUT2D eigenvalue weighted by molar-refractivity contribution is 7.90. The van der Waals surface area contributed by atoms with E-state index in [9.17, 15) is 8.60 Å². The van der Waals surface area contributed by atoms with Crippen LogP contribution in [0.15, 0.2) is 4.36 Å². The summed E-state index contributed by atoms with van der Waals surface area (Å²) in [6.45, 7) is 0.536. The van der Waals surface area contributed by atoms with Crippen molar-refractivity contribution in [3.8, 4) is 0 Å². The molecule has 1 fully saturated rings. The quantitative estimate of drug-likeness (QED) is 0.738. The van der Waals surface area contributed by atoms with E-state index in [-0.39, 0.29) is 5.92 Å². The molecule has 15 heavy (non-hydrogen) atoms. The molecule has 1 aliphatic carbocycles. The third kappa shape index (κ3) is 4.07. The molecule has 0 spiro atoms. The molecule has 0 aromatic rings. The van der Waals surface area contributed by atoms with Crippen molar-refractivity contribution in [2.45, 2.75) is 31.9 Å². The van der Waals surface area contributed by atoms with Crippen molar-refractivity contribution in [3.63, 3.8) is 0 Å². The third-order valence-corrected chi connectivity index (χ3v) is 4.95. The molecule has 0 saturated heterocycles. The Hall–Kier alpha value is -0.160. The van der Waals surface area contributed by atoms with Crippen molar-refractivity contribution >= 4 is 9.92 Å². The van der Waals surface area contributed by atoms with Crippen LogP contribution in [-0.2, 0) is 9.92 Å². The van der Waals surface area contributed by atoms with Gasteiger partial charge < -0.3 is 0 Å². The van der Waals surface area contributed by atoms with Crippen LogP contribution in [0.4, 0.5) is 4.39 Å². The van der Waals surface area contributed by atoms with Crippen LogP contribution in [0.5, 0.6) is 0 Å². The molecule has 1 aliphatic rings. The van der Waals surface area contributed by atoms with E-state index in [2.05, 4.69) is 4.36 Å². The predicted molar refractivity (Wildman–Crippen MR) is 61.9 cm³/mol. The van der Waals surface area contributed by atoms with Crippen LogP contribution in [0.25, 0.3) is 0 Å². The predicted octanol–water partition coefficient (Wildman–Crippen LogP) is 2.09. The normalized spacial score (nSPS) is 31.3. The fourth-order valence-corrected chi connectivity index (χ4v) is 2.47. The van der Waals surface area contributed by atoms with Gasteiger partial charge in [-0.3, -0.25) is 0 Å². The molecule has 0 aliphatic heterocycles. The fraction of sp³-hybridized carbons (Fsp3) is 1.00. The molecular formula is C10H21FN2OS. The zero-order valence-corrected chi connectivity index (χ0v) is 10.6. The van der Waals surface area contributed by atoms with Gasteiger partial charge in [0.2, 0.25) is 0 Å². The number of halogens is 1. The SMILES string of the molecule is CN(C)S(C)(=O)=NCC1CCCC(F)C1. The average Bonchev–Trinajstić information content (AvgIpc) is 2.15. The summed E-state index contributed by atoms with van der Waals surface area (Å²) in [5, 5.41) is 0. The van der Waals surface area contributed by atoms with Gasteiger partial charge >= 0.3 is 0 Å². The van der Waals surface area contributed by atoms with E-state index in [1.54, 1.807) is 24.7 Å². The first kappa shape index (κ1) is 12.9. The second-order valence-corrected chi connectivity index (χ2v) is 7.03. The molecule has 0 amide bonds. The molecule has 0 heterocycles. The lowest BCUT2D eigenvalue weighted by Gasteiger charge is -2.23. The van der Waals surface area contributed by atoms with Gasteiger partial charge in [-0.2, -0.15) is 0 Å². The standard InChI is InChI=1S/C10H21FN2OS/c1-13(2)15(3,14)12-8-9-5-4-6-10(11)7-9/h9-10H,4-8H2,1-3H3. The highest BCUT2D eigenvalue weighted by Gasteiger charge is 2.21. The largest absolute Gasteiger partial charge is 0.247 e. The average molecular weight is 236 g/mol. The molecule has 90 valence electrons. The first-order chi connectivity index (χ1) is 6.92. The molecule has 3 nitrogen and oxygen atoms in total. The van der Waals surface area contributed by atoms with Gasteiger partial charge in [0.25, 0.3) is 0 Å². The topological polar surface area (TPSA) is 32.7 Å². The Bertz CT molecular complexity index is 311. The minimum absolute atomic E-state index is 0.287. The number of hydrogen-bond acceptors (Lipinski definition) is 2. The Labute approximate surface area is 92.4 Å². The van der Waals surface area contributed by atoms with Gasteiger partial charge in [0, 0.05) is 20.4 Å². The molecule has 0 radical (unpaired) electrons. The molecule has 0 aromatic carbocycles. The van der Waals surface area contributed by atoms with Gasteiger partial charge in [-0.05, 0) is 25.2 Å². The maximum absolute atomic E-state index is 13.1. The van der Waals surface area contributed by atoms with Crippen LogP contribution in [0, 0.1) is 5.92 Å². The van der Waals surface area contributed by atoms with Crippen LogP contribution in [-0.4, -0.2) is 41.6 Å². The molecule has 1 saturated carbocycles. The second-order valence-electron chi connectivity index (χ2n) is 4.52. The van der Waals surface area contributed by atoms with Crippen molar-refractivity contribution in [2.75, 3.05) is 26.9 Å². The summed E-state index contributed by atoms with van der Waals surface area (Å²) in [6.07, 6.45) is 4.19. The summed E-state index contributed by atoms with van der Waals surface area (Å²) >= 11 is 0. The lowest BCUT2D eigenvalue weighted by molar-refractivity contribution is 0.202. The lowest BCUT2D eigenvalue weighted by Crippen LogP contribution is -2.23. The molecule has 0 N–H and O–H groups in total. The number of alkyl halides is 1. The van der Waals surface area contributed by atoms with Gasteiger partial charge in [-0.15, -0.1) is 0 Å². The van der Waals surface area contributed by atoms with E-state index in [0.29, 0.717) is 19.4 Å². The molecule has 5 heteroatoms. The summed E-state index contributed by atoms with van der Waals surface area (Å²) in [7, 11) is 1.28. The van der Waals surface area contributed by atoms with E-state index in [4.69, 9.17) is 0 Å². The van der Waals surface area contributed by atoms with Crippen molar-refractivity contribution in [1.29, 1.82) is 0 Å². The Morgan fingerprint density at radius 2 is 2.13 bits per heavy atom. The lowest BCUT2D eigenvalue weighted by atomic mass is 9.88. The Balaban J connectivity index is 2.52. The minimum Gasteiger partial charge on any atom is -0.247 e. The molecular weight excluding hydrogens is 215 g/mol. The van der Waals surface area contributed by atoms with Gasteiger partial charge in [0.15, 0.2) is 0 Å². The molecule has 3 unspecified atom stereocenters. The minimum atomic E-state index is -2.23. The summed E-state index contributed by atoms with van der Waals surface area (Å²) in [5.74, 6) is 0.287. The van der Waals surface area contributed by atoms with Gasteiger partial charge in [-0.1, -0.05) is 6.42 Å².